The van der Waals surface area contributed by atoms with Crippen LogP contribution in [-0.4, -0.2) is 31.5 Å². The molecule has 0 unspecified atom stereocenters. The smallest absolute Gasteiger partial charge is 0.242 e. The van der Waals surface area contributed by atoms with Crippen LogP contribution in [0.4, 0.5) is 10.3 Å². The van der Waals surface area contributed by atoms with Crippen molar-refractivity contribution in [1.29, 1.82) is 0 Å². The van der Waals surface area contributed by atoms with E-state index in [1.54, 1.807) is 16.8 Å². The van der Waals surface area contributed by atoms with Crippen LogP contribution >= 0.6 is 0 Å². The topological polar surface area (TPSA) is 68.5 Å². The quantitative estimate of drug-likeness (QED) is 0.716. The maximum absolute atomic E-state index is 13.0. The van der Waals surface area contributed by atoms with Gasteiger partial charge in [0.15, 0.2) is 0 Å². The fourth-order valence-electron chi connectivity index (χ4n) is 2.55. The standard InChI is InChI=1S/C18H21FN6/c1-3-16-17(4-2)22-23-18(21-16)20-11-9-14-10-12-25(24-14)15-7-5-13(19)6-8-15/h5-8,10,12H,3-4,9,11H2,1-2H3,(H,20,21,23). The number of nitrogens with zero attached hydrogens (tertiary/aromatic N) is 5. The molecule has 0 fully saturated rings. The number of aromatic nitrogens is 5. The van der Waals surface area contributed by atoms with E-state index in [-0.39, 0.29) is 5.82 Å². The summed E-state index contributed by atoms with van der Waals surface area (Å²) in [7, 11) is 0. The maximum Gasteiger partial charge on any atom is 0.242 e. The fourth-order valence-corrected chi connectivity index (χ4v) is 2.55. The van der Waals surface area contributed by atoms with E-state index in [1.807, 2.05) is 12.3 Å². The van der Waals surface area contributed by atoms with Gasteiger partial charge in [-0.25, -0.2) is 14.1 Å². The van der Waals surface area contributed by atoms with Crippen LogP contribution in [0.25, 0.3) is 5.69 Å². The zero-order valence-electron chi connectivity index (χ0n) is 14.4. The lowest BCUT2D eigenvalue weighted by atomic mass is 10.2. The summed E-state index contributed by atoms with van der Waals surface area (Å²) >= 11 is 0. The van der Waals surface area contributed by atoms with Crippen molar-refractivity contribution in [2.24, 2.45) is 0 Å². The van der Waals surface area contributed by atoms with Crippen LogP contribution in [0.3, 0.4) is 0 Å². The number of hydrogen-bond acceptors (Lipinski definition) is 5. The van der Waals surface area contributed by atoms with E-state index >= 15 is 0 Å². The lowest BCUT2D eigenvalue weighted by molar-refractivity contribution is 0.627. The van der Waals surface area contributed by atoms with Crippen LogP contribution < -0.4 is 5.32 Å². The number of benzene rings is 1. The van der Waals surface area contributed by atoms with Gasteiger partial charge < -0.3 is 5.32 Å². The lowest BCUT2D eigenvalue weighted by Crippen LogP contribution is -2.12. The van der Waals surface area contributed by atoms with Gasteiger partial charge in [0, 0.05) is 19.2 Å². The van der Waals surface area contributed by atoms with Crippen molar-refractivity contribution in [3.05, 3.63) is 59.4 Å². The van der Waals surface area contributed by atoms with Crippen molar-refractivity contribution in [3.63, 3.8) is 0 Å². The summed E-state index contributed by atoms with van der Waals surface area (Å²) in [6.45, 7) is 4.78. The normalized spacial score (nSPS) is 10.8. The van der Waals surface area contributed by atoms with E-state index < -0.39 is 0 Å². The largest absolute Gasteiger partial charge is 0.353 e. The molecule has 0 spiro atoms. The molecule has 0 radical (unpaired) electrons. The van der Waals surface area contributed by atoms with Crippen molar-refractivity contribution >= 4 is 5.95 Å². The van der Waals surface area contributed by atoms with E-state index in [4.69, 9.17) is 0 Å². The third-order valence-electron chi connectivity index (χ3n) is 3.91. The number of aryl methyl sites for hydroxylation is 2. The van der Waals surface area contributed by atoms with Gasteiger partial charge in [-0.2, -0.15) is 10.2 Å². The molecule has 25 heavy (non-hydrogen) atoms. The van der Waals surface area contributed by atoms with Gasteiger partial charge in [0.2, 0.25) is 5.95 Å². The van der Waals surface area contributed by atoms with E-state index in [1.165, 1.54) is 12.1 Å². The Morgan fingerprint density at radius 2 is 1.76 bits per heavy atom. The third-order valence-corrected chi connectivity index (χ3v) is 3.91. The predicted octanol–water partition coefficient (Wildman–Crippen LogP) is 2.98. The molecule has 6 nitrogen and oxygen atoms in total. The monoisotopic (exact) mass is 340 g/mol. The van der Waals surface area contributed by atoms with E-state index in [2.05, 4.69) is 39.4 Å². The molecule has 0 saturated heterocycles. The van der Waals surface area contributed by atoms with Gasteiger partial charge in [-0.15, -0.1) is 5.10 Å². The van der Waals surface area contributed by atoms with Crippen molar-refractivity contribution in [3.8, 4) is 5.69 Å². The molecule has 0 bridgehead atoms. The first kappa shape index (κ1) is 17.0. The highest BCUT2D eigenvalue weighted by atomic mass is 19.1. The van der Waals surface area contributed by atoms with Crippen LogP contribution in [0, 0.1) is 5.82 Å². The number of hydrogen-bond donors (Lipinski definition) is 1. The van der Waals surface area contributed by atoms with Crippen LogP contribution in [0.15, 0.2) is 36.5 Å². The zero-order valence-corrected chi connectivity index (χ0v) is 14.4. The lowest BCUT2D eigenvalue weighted by Gasteiger charge is -2.07. The fraction of sp³-hybridized carbons (Fsp3) is 0.333. The molecule has 0 atom stereocenters. The molecule has 0 amide bonds. The Morgan fingerprint density at radius 1 is 1.00 bits per heavy atom. The van der Waals surface area contributed by atoms with Crippen molar-refractivity contribution in [2.75, 3.05) is 11.9 Å². The second-order valence-electron chi connectivity index (χ2n) is 5.64. The summed E-state index contributed by atoms with van der Waals surface area (Å²) in [5.41, 5.74) is 3.70. The summed E-state index contributed by atoms with van der Waals surface area (Å²) in [6.07, 6.45) is 4.28. The number of anilines is 1. The van der Waals surface area contributed by atoms with Gasteiger partial charge in [-0.3, -0.25) is 0 Å². The maximum atomic E-state index is 13.0. The molecule has 0 aliphatic rings. The summed E-state index contributed by atoms with van der Waals surface area (Å²) in [4.78, 5) is 4.51. The minimum absolute atomic E-state index is 0.255. The van der Waals surface area contributed by atoms with Crippen molar-refractivity contribution in [2.45, 2.75) is 33.1 Å². The highest BCUT2D eigenvalue weighted by molar-refractivity contribution is 5.31. The Labute approximate surface area is 146 Å². The summed E-state index contributed by atoms with van der Waals surface area (Å²) in [5, 5.41) is 16.0. The van der Waals surface area contributed by atoms with Crippen LogP contribution in [0.5, 0.6) is 0 Å². The highest BCUT2D eigenvalue weighted by Crippen LogP contribution is 2.10. The Morgan fingerprint density at radius 3 is 2.48 bits per heavy atom. The first-order valence-electron chi connectivity index (χ1n) is 8.46. The van der Waals surface area contributed by atoms with Gasteiger partial charge in [0.1, 0.15) is 5.82 Å². The number of nitrogens with one attached hydrogen (secondary N) is 1. The van der Waals surface area contributed by atoms with Crippen molar-refractivity contribution in [1.82, 2.24) is 25.0 Å². The SMILES string of the molecule is CCc1nnc(NCCc2ccn(-c3ccc(F)cc3)n2)nc1CC. The Balaban J connectivity index is 1.58. The van der Waals surface area contributed by atoms with Gasteiger partial charge in [0.25, 0.3) is 0 Å². The van der Waals surface area contributed by atoms with E-state index in [9.17, 15) is 4.39 Å². The zero-order chi connectivity index (χ0) is 17.6. The van der Waals surface area contributed by atoms with Crippen LogP contribution in [0.2, 0.25) is 0 Å². The molecule has 1 N–H and O–H groups in total. The molecule has 1 aromatic carbocycles. The predicted molar refractivity (Wildman–Crippen MR) is 94.3 cm³/mol. The molecule has 3 rings (SSSR count). The second-order valence-corrected chi connectivity index (χ2v) is 5.64. The Hall–Kier alpha value is -2.83. The molecule has 7 heteroatoms. The number of rotatable bonds is 7. The van der Waals surface area contributed by atoms with Gasteiger partial charge in [-0.05, 0) is 43.2 Å². The summed E-state index contributed by atoms with van der Waals surface area (Å²) in [6, 6.07) is 8.19. The highest BCUT2D eigenvalue weighted by Gasteiger charge is 2.06. The van der Waals surface area contributed by atoms with Gasteiger partial charge >= 0.3 is 0 Å². The first-order valence-corrected chi connectivity index (χ1v) is 8.46. The van der Waals surface area contributed by atoms with Crippen LogP contribution in [0.1, 0.15) is 30.9 Å². The summed E-state index contributed by atoms with van der Waals surface area (Å²) < 4.78 is 14.7. The third kappa shape index (κ3) is 4.17. The van der Waals surface area contributed by atoms with Crippen LogP contribution in [-0.2, 0) is 19.3 Å². The van der Waals surface area contributed by atoms with E-state index in [0.29, 0.717) is 12.5 Å². The van der Waals surface area contributed by atoms with Gasteiger partial charge in [-0.1, -0.05) is 13.8 Å². The molecule has 2 aromatic heterocycles. The molecule has 3 aromatic rings. The average molecular weight is 340 g/mol. The molecular formula is C18H21FN6. The molecular weight excluding hydrogens is 319 g/mol. The molecule has 2 heterocycles. The second kappa shape index (κ2) is 7.83. The first-order chi connectivity index (χ1) is 12.2. The minimum atomic E-state index is -0.255. The Bertz CT molecular complexity index is 828. The molecule has 130 valence electrons. The van der Waals surface area contributed by atoms with Crippen molar-refractivity contribution < 1.29 is 4.39 Å². The molecule has 0 aliphatic heterocycles. The van der Waals surface area contributed by atoms with Gasteiger partial charge in [0.05, 0.1) is 22.8 Å². The molecule has 0 aliphatic carbocycles. The Kier molecular flexibility index (Phi) is 5.33. The van der Waals surface area contributed by atoms with E-state index in [0.717, 1.165) is 42.0 Å². The molecule has 0 saturated carbocycles. The summed E-state index contributed by atoms with van der Waals surface area (Å²) in [5.74, 6) is 0.293. The average Bonchev–Trinajstić information content (AvgIpc) is 3.11. The number of halogens is 1. The minimum Gasteiger partial charge on any atom is -0.353 e.